The Morgan fingerprint density at radius 2 is 1.71 bits per heavy atom. The van der Waals surface area contributed by atoms with E-state index in [2.05, 4.69) is 10.6 Å². The van der Waals surface area contributed by atoms with E-state index in [0.29, 0.717) is 12.8 Å². The Hall–Kier alpha value is -1.79. The van der Waals surface area contributed by atoms with Gasteiger partial charge in [0.25, 0.3) is 0 Å². The molecule has 1 aliphatic heterocycles. The molecule has 2 fully saturated rings. The summed E-state index contributed by atoms with van der Waals surface area (Å²) in [6.45, 7) is 2.05. The first-order valence-corrected chi connectivity index (χ1v) is 7.56. The zero-order valence-electron chi connectivity index (χ0n) is 12.2. The van der Waals surface area contributed by atoms with Crippen molar-refractivity contribution < 1.29 is 19.5 Å². The van der Waals surface area contributed by atoms with E-state index < -0.39 is 17.4 Å². The van der Waals surface area contributed by atoms with Gasteiger partial charge in [0.1, 0.15) is 0 Å². The van der Waals surface area contributed by atoms with Crippen LogP contribution >= 0.6 is 0 Å². The molecular formula is C14H23N3O4. The number of carboxylic acids is 1. The second-order valence-electron chi connectivity index (χ2n) is 5.89. The molecule has 0 spiro atoms. The van der Waals surface area contributed by atoms with Gasteiger partial charge in [-0.2, -0.15) is 0 Å². The van der Waals surface area contributed by atoms with E-state index in [1.807, 2.05) is 4.90 Å². The molecule has 1 saturated carbocycles. The molecule has 0 aromatic rings. The van der Waals surface area contributed by atoms with Crippen LogP contribution < -0.4 is 10.6 Å². The number of carboxylic acid groups (broad SMARTS) is 1. The van der Waals surface area contributed by atoms with Gasteiger partial charge in [0.2, 0.25) is 5.91 Å². The van der Waals surface area contributed by atoms with E-state index in [0.717, 1.165) is 25.9 Å². The fourth-order valence-electron chi connectivity index (χ4n) is 2.51. The summed E-state index contributed by atoms with van der Waals surface area (Å²) in [5.74, 6) is -0.790. The first kappa shape index (κ1) is 15.6. The highest BCUT2D eigenvalue weighted by atomic mass is 16.4. The molecule has 0 aromatic carbocycles. The quantitative estimate of drug-likeness (QED) is 0.667. The normalized spacial score (nSPS) is 19.7. The average Bonchev–Trinajstić information content (AvgIpc) is 3.27. The Balaban J connectivity index is 1.58. The fraction of sp³-hybridized carbons (Fsp3) is 0.786. The molecule has 7 nitrogen and oxygen atoms in total. The number of rotatable bonds is 6. The number of nitrogens with one attached hydrogen (secondary N) is 2. The zero-order valence-corrected chi connectivity index (χ0v) is 12.2. The molecule has 3 N–H and O–H groups in total. The van der Waals surface area contributed by atoms with Gasteiger partial charge in [-0.1, -0.05) is 0 Å². The molecule has 1 heterocycles. The van der Waals surface area contributed by atoms with Gasteiger partial charge < -0.3 is 20.6 Å². The summed E-state index contributed by atoms with van der Waals surface area (Å²) in [5.41, 5.74) is -0.763. The van der Waals surface area contributed by atoms with Crippen molar-refractivity contribution in [1.82, 2.24) is 15.5 Å². The molecule has 21 heavy (non-hydrogen) atoms. The van der Waals surface area contributed by atoms with Crippen LogP contribution in [-0.2, 0) is 9.59 Å². The van der Waals surface area contributed by atoms with Crippen LogP contribution in [0.2, 0.25) is 0 Å². The molecule has 118 valence electrons. The Kier molecular flexibility index (Phi) is 5.03. The number of nitrogens with zero attached hydrogens (tertiary/aromatic N) is 1. The Bertz CT molecular complexity index is 414. The summed E-state index contributed by atoms with van der Waals surface area (Å²) in [4.78, 5) is 36.2. The molecule has 1 aliphatic carbocycles. The molecular weight excluding hydrogens is 274 g/mol. The molecule has 0 radical (unpaired) electrons. The molecule has 2 rings (SSSR count). The number of likely N-dealkylation sites (tertiary alicyclic amines) is 1. The lowest BCUT2D eigenvalue weighted by atomic mass is 10.1. The first-order valence-electron chi connectivity index (χ1n) is 7.56. The van der Waals surface area contributed by atoms with E-state index in [1.165, 1.54) is 6.42 Å². The standard InChI is InChI=1S/C14H23N3O4/c18-11(17-8-2-1-3-9-17)4-7-15-13(21)16-10-14(5-6-14)12(19)20/h1-10H2,(H,19,20)(H2,15,16,21). The molecule has 1 saturated heterocycles. The molecule has 3 amide bonds. The van der Waals surface area contributed by atoms with Crippen LogP contribution in [0.25, 0.3) is 0 Å². The van der Waals surface area contributed by atoms with Gasteiger partial charge in [-0.05, 0) is 32.1 Å². The molecule has 2 aliphatic rings. The average molecular weight is 297 g/mol. The van der Waals surface area contributed by atoms with Crippen LogP contribution in [-0.4, -0.2) is 54.1 Å². The number of hydrogen-bond donors (Lipinski definition) is 3. The second-order valence-corrected chi connectivity index (χ2v) is 5.89. The maximum atomic E-state index is 11.9. The van der Waals surface area contributed by atoms with Crippen molar-refractivity contribution in [3.05, 3.63) is 0 Å². The van der Waals surface area contributed by atoms with Crippen LogP contribution in [0.15, 0.2) is 0 Å². The Morgan fingerprint density at radius 3 is 2.29 bits per heavy atom. The number of urea groups is 1. The summed E-state index contributed by atoms with van der Waals surface area (Å²) in [6.07, 6.45) is 4.78. The van der Waals surface area contributed by atoms with Gasteiger partial charge in [0.15, 0.2) is 0 Å². The third kappa shape index (κ3) is 4.34. The van der Waals surface area contributed by atoms with Crippen LogP contribution in [0.1, 0.15) is 38.5 Å². The number of carbonyl (C=O) groups is 3. The number of carbonyl (C=O) groups excluding carboxylic acids is 2. The van der Waals surface area contributed by atoms with Gasteiger partial charge in [-0.25, -0.2) is 4.79 Å². The highest BCUT2D eigenvalue weighted by Gasteiger charge is 2.50. The number of hydrogen-bond acceptors (Lipinski definition) is 3. The van der Waals surface area contributed by atoms with Crippen molar-refractivity contribution in [1.29, 1.82) is 0 Å². The molecule has 0 aromatic heterocycles. The minimum absolute atomic E-state index is 0.0687. The van der Waals surface area contributed by atoms with E-state index in [4.69, 9.17) is 5.11 Å². The van der Waals surface area contributed by atoms with Gasteiger partial charge in [-0.15, -0.1) is 0 Å². The number of amides is 3. The third-order valence-electron chi connectivity index (χ3n) is 4.23. The van der Waals surface area contributed by atoms with Crippen molar-refractivity contribution in [3.63, 3.8) is 0 Å². The molecule has 0 unspecified atom stereocenters. The van der Waals surface area contributed by atoms with E-state index >= 15 is 0 Å². The highest BCUT2D eigenvalue weighted by Crippen LogP contribution is 2.45. The zero-order chi connectivity index (χ0) is 15.3. The smallest absolute Gasteiger partial charge is 0.314 e. The maximum Gasteiger partial charge on any atom is 0.314 e. The van der Waals surface area contributed by atoms with Gasteiger partial charge in [0, 0.05) is 32.6 Å². The van der Waals surface area contributed by atoms with Crippen molar-refractivity contribution in [2.24, 2.45) is 5.41 Å². The lowest BCUT2D eigenvalue weighted by Crippen LogP contribution is -2.42. The second kappa shape index (κ2) is 6.78. The van der Waals surface area contributed by atoms with Crippen molar-refractivity contribution in [3.8, 4) is 0 Å². The summed E-state index contributed by atoms with van der Waals surface area (Å²) in [5, 5.41) is 14.2. The lowest BCUT2D eigenvalue weighted by molar-refractivity contribution is -0.143. The number of aliphatic carboxylic acids is 1. The van der Waals surface area contributed by atoms with Crippen LogP contribution in [0.5, 0.6) is 0 Å². The Morgan fingerprint density at radius 1 is 1.05 bits per heavy atom. The van der Waals surface area contributed by atoms with Gasteiger partial charge >= 0.3 is 12.0 Å². The van der Waals surface area contributed by atoms with Crippen molar-refractivity contribution in [2.45, 2.75) is 38.5 Å². The lowest BCUT2D eigenvalue weighted by Gasteiger charge is -2.26. The SMILES string of the molecule is O=C(NCCC(=O)N1CCCCC1)NCC1(C(=O)O)CC1. The van der Waals surface area contributed by atoms with E-state index in [9.17, 15) is 14.4 Å². The van der Waals surface area contributed by atoms with Crippen molar-refractivity contribution >= 4 is 17.9 Å². The Labute approximate surface area is 124 Å². The fourth-order valence-corrected chi connectivity index (χ4v) is 2.51. The predicted octanol–water partition coefficient (Wildman–Crippen LogP) is 0.553. The number of piperidine rings is 1. The molecule has 0 atom stereocenters. The largest absolute Gasteiger partial charge is 0.481 e. The van der Waals surface area contributed by atoms with Crippen LogP contribution in [0.3, 0.4) is 0 Å². The molecule has 7 heteroatoms. The maximum absolute atomic E-state index is 11.9. The monoisotopic (exact) mass is 297 g/mol. The minimum atomic E-state index is -0.858. The van der Waals surface area contributed by atoms with Gasteiger partial charge in [-0.3, -0.25) is 9.59 Å². The first-order chi connectivity index (χ1) is 10.0. The van der Waals surface area contributed by atoms with E-state index in [1.54, 1.807) is 0 Å². The summed E-state index contributed by atoms with van der Waals surface area (Å²) in [7, 11) is 0. The summed E-state index contributed by atoms with van der Waals surface area (Å²) >= 11 is 0. The third-order valence-corrected chi connectivity index (χ3v) is 4.23. The van der Waals surface area contributed by atoms with E-state index in [-0.39, 0.29) is 25.4 Å². The topological polar surface area (TPSA) is 98.7 Å². The molecule has 0 bridgehead atoms. The minimum Gasteiger partial charge on any atom is -0.481 e. The van der Waals surface area contributed by atoms with Crippen molar-refractivity contribution in [2.75, 3.05) is 26.2 Å². The summed E-state index contributed by atoms with van der Waals surface area (Å²) in [6, 6.07) is -0.408. The van der Waals surface area contributed by atoms with Gasteiger partial charge in [0.05, 0.1) is 5.41 Å². The predicted molar refractivity (Wildman–Crippen MR) is 75.8 cm³/mol. The highest BCUT2D eigenvalue weighted by molar-refractivity contribution is 5.81. The summed E-state index contributed by atoms with van der Waals surface area (Å²) < 4.78 is 0. The van der Waals surface area contributed by atoms with Crippen LogP contribution in [0.4, 0.5) is 4.79 Å². The van der Waals surface area contributed by atoms with Crippen LogP contribution in [0, 0.1) is 5.41 Å².